The Morgan fingerprint density at radius 3 is 2.63 bits per heavy atom. The smallest absolute Gasteiger partial charge is 0.253 e. The van der Waals surface area contributed by atoms with Gasteiger partial charge in [0.25, 0.3) is 5.91 Å². The monoisotopic (exact) mass is 362 g/mol. The van der Waals surface area contributed by atoms with E-state index in [-0.39, 0.29) is 17.4 Å². The van der Waals surface area contributed by atoms with Crippen molar-refractivity contribution in [3.63, 3.8) is 0 Å². The summed E-state index contributed by atoms with van der Waals surface area (Å²) in [6.45, 7) is 4.28. The summed E-state index contributed by atoms with van der Waals surface area (Å²) >= 11 is 0. The second-order valence-electron chi connectivity index (χ2n) is 6.53. The Labute approximate surface area is 157 Å². The summed E-state index contributed by atoms with van der Waals surface area (Å²) in [7, 11) is 0. The maximum Gasteiger partial charge on any atom is 0.253 e. The third kappa shape index (κ3) is 4.67. The SMILES string of the molecule is CC(C)c1[nH]c(=O)ccc1C(=O)NCCc1nccc(-c2ccccc2)n1. The number of benzene rings is 1. The fraction of sp³-hybridized carbons (Fsp3) is 0.238. The molecule has 6 nitrogen and oxygen atoms in total. The Hall–Kier alpha value is -3.28. The van der Waals surface area contributed by atoms with E-state index < -0.39 is 0 Å². The van der Waals surface area contributed by atoms with Crippen molar-refractivity contribution in [2.24, 2.45) is 0 Å². The van der Waals surface area contributed by atoms with Crippen LogP contribution in [0.2, 0.25) is 0 Å². The van der Waals surface area contributed by atoms with Gasteiger partial charge in [0.1, 0.15) is 5.82 Å². The molecule has 2 heterocycles. The Morgan fingerprint density at radius 2 is 1.89 bits per heavy atom. The van der Waals surface area contributed by atoms with Gasteiger partial charge in [0.15, 0.2) is 0 Å². The first kappa shape index (κ1) is 18.5. The van der Waals surface area contributed by atoms with E-state index >= 15 is 0 Å². The molecule has 0 radical (unpaired) electrons. The predicted molar refractivity (Wildman–Crippen MR) is 105 cm³/mol. The molecule has 1 aromatic carbocycles. The number of hydrogen-bond acceptors (Lipinski definition) is 4. The molecule has 2 N–H and O–H groups in total. The molecule has 0 spiro atoms. The molecule has 0 aliphatic heterocycles. The number of hydrogen-bond donors (Lipinski definition) is 2. The van der Waals surface area contributed by atoms with Crippen LogP contribution in [0, 0.1) is 0 Å². The lowest BCUT2D eigenvalue weighted by atomic mass is 10.0. The van der Waals surface area contributed by atoms with Crippen LogP contribution < -0.4 is 10.9 Å². The minimum Gasteiger partial charge on any atom is -0.352 e. The average Bonchev–Trinajstić information content (AvgIpc) is 2.68. The van der Waals surface area contributed by atoms with Crippen molar-refractivity contribution in [1.82, 2.24) is 20.3 Å². The van der Waals surface area contributed by atoms with Gasteiger partial charge in [0.05, 0.1) is 11.3 Å². The van der Waals surface area contributed by atoms with Crippen LogP contribution in [0.15, 0.2) is 59.5 Å². The summed E-state index contributed by atoms with van der Waals surface area (Å²) in [6, 6.07) is 14.7. The summed E-state index contributed by atoms with van der Waals surface area (Å²) in [5.74, 6) is 0.502. The molecule has 1 amide bonds. The quantitative estimate of drug-likeness (QED) is 0.706. The number of rotatable bonds is 6. The standard InChI is InChI=1S/C21H22N4O2/c1-14(2)20-16(8-9-19(26)25-20)21(27)23-13-11-18-22-12-10-17(24-18)15-6-4-3-5-7-15/h3-10,12,14H,11,13H2,1-2H3,(H,23,27)(H,25,26). The number of carbonyl (C=O) groups excluding carboxylic acids is 1. The van der Waals surface area contributed by atoms with Crippen LogP contribution >= 0.6 is 0 Å². The fourth-order valence-electron chi connectivity index (χ4n) is 2.82. The lowest BCUT2D eigenvalue weighted by Crippen LogP contribution is -2.28. The molecule has 6 heteroatoms. The number of nitrogens with one attached hydrogen (secondary N) is 2. The lowest BCUT2D eigenvalue weighted by Gasteiger charge is -2.12. The largest absolute Gasteiger partial charge is 0.352 e. The highest BCUT2D eigenvalue weighted by atomic mass is 16.1. The van der Waals surface area contributed by atoms with Crippen molar-refractivity contribution in [3.05, 3.63) is 82.2 Å². The maximum absolute atomic E-state index is 12.5. The van der Waals surface area contributed by atoms with Crippen molar-refractivity contribution in [1.29, 1.82) is 0 Å². The minimum atomic E-state index is -0.214. The molecule has 0 atom stereocenters. The van der Waals surface area contributed by atoms with E-state index in [0.717, 1.165) is 11.3 Å². The number of carbonyl (C=O) groups is 1. The summed E-state index contributed by atoms with van der Waals surface area (Å²) in [5, 5.41) is 2.88. The van der Waals surface area contributed by atoms with Crippen molar-refractivity contribution in [2.75, 3.05) is 6.54 Å². The molecule has 0 saturated carbocycles. The molecular formula is C21H22N4O2. The van der Waals surface area contributed by atoms with Gasteiger partial charge in [-0.25, -0.2) is 9.97 Å². The van der Waals surface area contributed by atoms with Crippen LogP contribution in [-0.4, -0.2) is 27.4 Å². The third-order valence-corrected chi connectivity index (χ3v) is 4.18. The van der Waals surface area contributed by atoms with Gasteiger partial charge in [-0.05, 0) is 18.1 Å². The zero-order valence-corrected chi connectivity index (χ0v) is 15.4. The maximum atomic E-state index is 12.5. The average molecular weight is 362 g/mol. The Bertz CT molecular complexity index is 981. The van der Waals surface area contributed by atoms with Crippen LogP contribution in [-0.2, 0) is 6.42 Å². The second-order valence-corrected chi connectivity index (χ2v) is 6.53. The number of nitrogens with zero attached hydrogens (tertiary/aromatic N) is 2. The Morgan fingerprint density at radius 1 is 1.11 bits per heavy atom. The number of aromatic nitrogens is 3. The summed E-state index contributed by atoms with van der Waals surface area (Å²) < 4.78 is 0. The molecule has 0 aliphatic carbocycles. The van der Waals surface area contributed by atoms with Gasteiger partial charge in [-0.15, -0.1) is 0 Å². The molecule has 27 heavy (non-hydrogen) atoms. The van der Waals surface area contributed by atoms with Crippen LogP contribution in [0.1, 0.15) is 41.6 Å². The Kier molecular flexibility index (Phi) is 5.76. The van der Waals surface area contributed by atoms with Gasteiger partial charge >= 0.3 is 0 Å². The highest BCUT2D eigenvalue weighted by Crippen LogP contribution is 2.16. The van der Waals surface area contributed by atoms with Crippen LogP contribution in [0.5, 0.6) is 0 Å². The highest BCUT2D eigenvalue weighted by molar-refractivity contribution is 5.95. The number of H-pyrrole nitrogens is 1. The zero-order chi connectivity index (χ0) is 19.2. The summed E-state index contributed by atoms with van der Waals surface area (Å²) in [4.78, 5) is 35.6. The summed E-state index contributed by atoms with van der Waals surface area (Å²) in [5.41, 5.74) is 2.81. The van der Waals surface area contributed by atoms with Gasteiger partial charge in [-0.2, -0.15) is 0 Å². The van der Waals surface area contributed by atoms with Crippen molar-refractivity contribution < 1.29 is 4.79 Å². The normalized spacial score (nSPS) is 10.8. The molecular weight excluding hydrogens is 340 g/mol. The van der Waals surface area contributed by atoms with Crippen molar-refractivity contribution >= 4 is 5.91 Å². The lowest BCUT2D eigenvalue weighted by molar-refractivity contribution is 0.0952. The first-order chi connectivity index (χ1) is 13.0. The van der Waals surface area contributed by atoms with Crippen molar-refractivity contribution in [2.45, 2.75) is 26.2 Å². The minimum absolute atomic E-state index is 0.0468. The second kappa shape index (κ2) is 8.40. The molecule has 3 aromatic rings. The van der Waals surface area contributed by atoms with E-state index in [1.165, 1.54) is 6.07 Å². The van der Waals surface area contributed by atoms with Crippen LogP contribution in [0.3, 0.4) is 0 Å². The van der Waals surface area contributed by atoms with Gasteiger partial charge < -0.3 is 10.3 Å². The van der Waals surface area contributed by atoms with Crippen LogP contribution in [0.25, 0.3) is 11.3 Å². The van der Waals surface area contributed by atoms with E-state index in [2.05, 4.69) is 20.3 Å². The fourth-order valence-corrected chi connectivity index (χ4v) is 2.82. The third-order valence-electron chi connectivity index (χ3n) is 4.18. The van der Waals surface area contributed by atoms with Gasteiger partial charge in [0, 0.05) is 36.5 Å². The van der Waals surface area contributed by atoms with E-state index in [4.69, 9.17) is 0 Å². The Balaban J connectivity index is 1.65. The molecule has 0 saturated heterocycles. The van der Waals surface area contributed by atoms with E-state index in [1.807, 2.05) is 50.2 Å². The predicted octanol–water partition coefficient (Wildman–Crippen LogP) is 2.93. The van der Waals surface area contributed by atoms with E-state index in [1.54, 1.807) is 12.3 Å². The van der Waals surface area contributed by atoms with Crippen molar-refractivity contribution in [3.8, 4) is 11.3 Å². The summed E-state index contributed by atoms with van der Waals surface area (Å²) in [6.07, 6.45) is 2.25. The number of aromatic amines is 1. The molecule has 0 fully saturated rings. The molecule has 2 aromatic heterocycles. The number of amides is 1. The van der Waals surface area contributed by atoms with Gasteiger partial charge in [-0.3, -0.25) is 9.59 Å². The molecule has 138 valence electrons. The molecule has 0 unspecified atom stereocenters. The first-order valence-corrected chi connectivity index (χ1v) is 8.93. The van der Waals surface area contributed by atoms with Gasteiger partial charge in [-0.1, -0.05) is 44.2 Å². The number of pyridine rings is 1. The molecule has 0 aliphatic rings. The zero-order valence-electron chi connectivity index (χ0n) is 15.4. The first-order valence-electron chi connectivity index (χ1n) is 8.93. The van der Waals surface area contributed by atoms with Gasteiger partial charge in [0.2, 0.25) is 5.56 Å². The highest BCUT2D eigenvalue weighted by Gasteiger charge is 2.14. The van der Waals surface area contributed by atoms with E-state index in [9.17, 15) is 9.59 Å². The molecule has 3 rings (SSSR count). The van der Waals surface area contributed by atoms with E-state index in [0.29, 0.717) is 30.0 Å². The molecule has 0 bridgehead atoms. The topological polar surface area (TPSA) is 87.7 Å². The van der Waals surface area contributed by atoms with Crippen LogP contribution in [0.4, 0.5) is 0 Å².